The van der Waals surface area contributed by atoms with Crippen LogP contribution in [0.1, 0.15) is 21.5 Å². The molecule has 2 aromatic carbocycles. The minimum atomic E-state index is -4.77. The second-order valence-corrected chi connectivity index (χ2v) is 8.62. The molecule has 0 atom stereocenters. The van der Waals surface area contributed by atoms with Crippen LogP contribution in [0.25, 0.3) is 15.9 Å². The highest BCUT2D eigenvalue weighted by Crippen LogP contribution is 2.36. The summed E-state index contributed by atoms with van der Waals surface area (Å²) in [5.41, 5.74) is -3.58. The molecule has 0 aliphatic carbocycles. The smallest absolute Gasteiger partial charge is 0.417 e. The molecule has 1 N–H and O–H groups in total. The van der Waals surface area contributed by atoms with Crippen molar-refractivity contribution in [3.05, 3.63) is 94.8 Å². The number of aryl methyl sites for hydroxylation is 1. The number of hydrogen-bond acceptors (Lipinski definition) is 5. The lowest BCUT2D eigenvalue weighted by atomic mass is 10.1. The van der Waals surface area contributed by atoms with E-state index in [9.17, 15) is 37.5 Å². The third-order valence-corrected chi connectivity index (χ3v) is 6.61. The van der Waals surface area contributed by atoms with Crippen molar-refractivity contribution in [2.24, 2.45) is 7.05 Å². The van der Waals surface area contributed by atoms with Gasteiger partial charge in [0.05, 0.1) is 33.0 Å². The zero-order valence-corrected chi connectivity index (χ0v) is 18.7. The number of nitrogens with zero attached hydrogens (tertiary/aromatic N) is 3. The Labute approximate surface area is 196 Å². The molecule has 13 heteroatoms. The number of carbonyl (C=O) groups is 1. The summed E-state index contributed by atoms with van der Waals surface area (Å²) in [6.45, 7) is -0.692. The number of carboxylic acids is 1. The fourth-order valence-corrected chi connectivity index (χ4v) is 4.64. The van der Waals surface area contributed by atoms with E-state index < -0.39 is 46.1 Å². The van der Waals surface area contributed by atoms with Crippen molar-refractivity contribution in [3.8, 4) is 5.69 Å². The van der Waals surface area contributed by atoms with Crippen LogP contribution in [0, 0.1) is 0 Å². The third kappa shape index (κ3) is 3.94. The third-order valence-electron chi connectivity index (χ3n) is 5.17. The van der Waals surface area contributed by atoms with Crippen LogP contribution in [0.2, 0.25) is 5.02 Å². The number of rotatable bonds is 4. The summed E-state index contributed by atoms with van der Waals surface area (Å²) in [4.78, 5) is 49.3. The summed E-state index contributed by atoms with van der Waals surface area (Å²) in [5.74, 6) is -1.63. The fraction of sp³-hybridized carbons (Fsp3) is 0.143. The first-order chi connectivity index (χ1) is 15.9. The zero-order chi connectivity index (χ0) is 24.9. The molecule has 4 rings (SSSR count). The molecule has 0 saturated carbocycles. The topological polar surface area (TPSA) is 103 Å². The summed E-state index contributed by atoms with van der Waals surface area (Å²) < 4.78 is 42.9. The number of aromatic carboxylic acids is 1. The van der Waals surface area contributed by atoms with Crippen molar-refractivity contribution in [3.63, 3.8) is 0 Å². The van der Waals surface area contributed by atoms with E-state index in [1.54, 1.807) is 13.1 Å². The molecule has 4 aromatic rings. The SMILES string of the molecule is Cn1c(=O)sc2cc(-n3cc(C(=O)O)c(=O)n(Cc4cccc(C(F)(F)F)c4Cl)c3=O)ccc21. The van der Waals surface area contributed by atoms with Crippen LogP contribution in [-0.2, 0) is 19.8 Å². The Morgan fingerprint density at radius 1 is 1.15 bits per heavy atom. The summed E-state index contributed by atoms with van der Waals surface area (Å²) in [6.07, 6.45) is -3.93. The number of hydrogen-bond donors (Lipinski definition) is 1. The number of fused-ring (bicyclic) bond motifs is 1. The van der Waals surface area contributed by atoms with Gasteiger partial charge in [0.2, 0.25) is 0 Å². The van der Waals surface area contributed by atoms with Crippen molar-refractivity contribution in [1.29, 1.82) is 0 Å². The maximum Gasteiger partial charge on any atom is 0.417 e. The molecule has 0 radical (unpaired) electrons. The van der Waals surface area contributed by atoms with Crippen molar-refractivity contribution in [2.45, 2.75) is 12.7 Å². The van der Waals surface area contributed by atoms with Gasteiger partial charge in [0.25, 0.3) is 5.56 Å². The summed E-state index contributed by atoms with van der Waals surface area (Å²) >= 11 is 6.80. The van der Waals surface area contributed by atoms with Gasteiger partial charge in [-0.3, -0.25) is 18.7 Å². The van der Waals surface area contributed by atoms with Crippen molar-refractivity contribution >= 4 is 39.1 Å². The molecule has 0 fully saturated rings. The van der Waals surface area contributed by atoms with Crippen LogP contribution < -0.4 is 16.1 Å². The Kier molecular flexibility index (Phi) is 5.74. The van der Waals surface area contributed by atoms with E-state index in [4.69, 9.17) is 11.6 Å². The lowest BCUT2D eigenvalue weighted by Crippen LogP contribution is -2.42. The van der Waals surface area contributed by atoms with Crippen LogP contribution in [0.15, 0.2) is 57.0 Å². The average Bonchev–Trinajstić information content (AvgIpc) is 3.04. The minimum Gasteiger partial charge on any atom is -0.477 e. The van der Waals surface area contributed by atoms with Gasteiger partial charge in [-0.15, -0.1) is 0 Å². The fourth-order valence-electron chi connectivity index (χ4n) is 3.44. The quantitative estimate of drug-likeness (QED) is 0.453. The lowest BCUT2D eigenvalue weighted by molar-refractivity contribution is -0.137. The largest absolute Gasteiger partial charge is 0.477 e. The van der Waals surface area contributed by atoms with Crippen LogP contribution in [0.4, 0.5) is 13.2 Å². The van der Waals surface area contributed by atoms with Crippen LogP contribution >= 0.6 is 22.9 Å². The average molecular weight is 512 g/mol. The van der Waals surface area contributed by atoms with E-state index in [2.05, 4.69) is 0 Å². The van der Waals surface area contributed by atoms with Crippen LogP contribution in [0.3, 0.4) is 0 Å². The predicted molar refractivity (Wildman–Crippen MR) is 119 cm³/mol. The van der Waals surface area contributed by atoms with E-state index >= 15 is 0 Å². The van der Waals surface area contributed by atoms with E-state index in [-0.39, 0.29) is 16.1 Å². The maximum absolute atomic E-state index is 13.2. The maximum atomic E-state index is 13.2. The van der Waals surface area contributed by atoms with E-state index in [1.807, 2.05) is 0 Å². The van der Waals surface area contributed by atoms with Gasteiger partial charge in [0, 0.05) is 13.2 Å². The van der Waals surface area contributed by atoms with Crippen molar-refractivity contribution in [2.75, 3.05) is 0 Å². The van der Waals surface area contributed by atoms with Gasteiger partial charge in [-0.05, 0) is 29.8 Å². The zero-order valence-electron chi connectivity index (χ0n) is 17.1. The highest BCUT2D eigenvalue weighted by Gasteiger charge is 2.34. The molecule has 8 nitrogen and oxygen atoms in total. The highest BCUT2D eigenvalue weighted by molar-refractivity contribution is 7.16. The number of aromatic nitrogens is 3. The standard InChI is InChI=1S/C21H13ClF3N3O5S/c1-26-14-6-5-11(7-15(14)34-20(26)33)27-9-12(18(30)31)17(29)28(19(27)32)8-10-3-2-4-13(16(10)22)21(23,24)25/h2-7,9H,8H2,1H3,(H,30,31). The summed E-state index contributed by atoms with van der Waals surface area (Å²) in [7, 11) is 1.56. The first-order valence-electron chi connectivity index (χ1n) is 9.44. The Bertz CT molecular complexity index is 1650. The number of carboxylic acid groups (broad SMARTS) is 1. The Hall–Kier alpha value is -3.64. The second-order valence-electron chi connectivity index (χ2n) is 7.25. The molecule has 0 saturated heterocycles. The predicted octanol–water partition coefficient (Wildman–Crippen LogP) is 3.33. The highest BCUT2D eigenvalue weighted by atomic mass is 35.5. The van der Waals surface area contributed by atoms with Gasteiger partial charge >= 0.3 is 22.7 Å². The molecule has 34 heavy (non-hydrogen) atoms. The van der Waals surface area contributed by atoms with Crippen molar-refractivity contribution in [1.82, 2.24) is 13.7 Å². The molecular weight excluding hydrogens is 499 g/mol. The minimum absolute atomic E-state index is 0.158. The summed E-state index contributed by atoms with van der Waals surface area (Å²) in [6, 6.07) is 7.50. The molecule has 0 aliphatic heterocycles. The molecule has 2 heterocycles. The number of alkyl halides is 3. The molecule has 0 unspecified atom stereocenters. The number of thiazole rings is 1. The molecule has 2 aromatic heterocycles. The van der Waals surface area contributed by atoms with Crippen LogP contribution in [-0.4, -0.2) is 24.8 Å². The molecule has 0 amide bonds. The molecule has 0 bridgehead atoms. The molecule has 0 aliphatic rings. The monoisotopic (exact) mass is 511 g/mol. The van der Waals surface area contributed by atoms with E-state index in [0.29, 0.717) is 14.8 Å². The number of benzene rings is 2. The Morgan fingerprint density at radius 2 is 1.85 bits per heavy atom. The number of halogens is 4. The normalized spacial score (nSPS) is 11.8. The molecule has 176 valence electrons. The van der Waals surface area contributed by atoms with Gasteiger partial charge in [-0.1, -0.05) is 35.1 Å². The van der Waals surface area contributed by atoms with Gasteiger partial charge in [0.15, 0.2) is 0 Å². The first kappa shape index (κ1) is 23.5. The lowest BCUT2D eigenvalue weighted by Gasteiger charge is -2.15. The first-order valence-corrected chi connectivity index (χ1v) is 10.6. The van der Waals surface area contributed by atoms with E-state index in [0.717, 1.165) is 34.2 Å². The van der Waals surface area contributed by atoms with Gasteiger partial charge in [-0.25, -0.2) is 9.59 Å². The van der Waals surface area contributed by atoms with E-state index in [1.165, 1.54) is 22.8 Å². The Morgan fingerprint density at radius 3 is 2.50 bits per heavy atom. The van der Waals surface area contributed by atoms with Crippen LogP contribution in [0.5, 0.6) is 0 Å². The van der Waals surface area contributed by atoms with Crippen molar-refractivity contribution < 1.29 is 23.1 Å². The molecular formula is C21H13ClF3N3O5S. The Balaban J connectivity index is 1.94. The van der Waals surface area contributed by atoms with Gasteiger partial charge in [-0.2, -0.15) is 13.2 Å². The summed E-state index contributed by atoms with van der Waals surface area (Å²) in [5, 5.41) is 8.78. The molecule has 0 spiro atoms. The van der Waals surface area contributed by atoms with Gasteiger partial charge < -0.3 is 9.67 Å². The second kappa shape index (κ2) is 8.29. The van der Waals surface area contributed by atoms with Gasteiger partial charge in [0.1, 0.15) is 5.56 Å².